The number of hydrogen-bond acceptors (Lipinski definition) is 8. The van der Waals surface area contributed by atoms with Gasteiger partial charge in [-0.25, -0.2) is 9.59 Å². The van der Waals surface area contributed by atoms with Crippen molar-refractivity contribution >= 4 is 59.2 Å². The van der Waals surface area contributed by atoms with Crippen molar-refractivity contribution in [3.8, 4) is 0 Å². The van der Waals surface area contributed by atoms with Gasteiger partial charge in [0.15, 0.2) is 0 Å². The highest BCUT2D eigenvalue weighted by Gasteiger charge is 2.64. The third-order valence-electron chi connectivity index (χ3n) is 9.16. The van der Waals surface area contributed by atoms with Crippen molar-refractivity contribution in [2.45, 2.75) is 111 Å². The van der Waals surface area contributed by atoms with Gasteiger partial charge in [-0.15, -0.1) is 11.8 Å². The van der Waals surface area contributed by atoms with E-state index in [1.807, 2.05) is 11.8 Å². The lowest BCUT2D eigenvalue weighted by Gasteiger charge is -2.44. The predicted octanol–water partition coefficient (Wildman–Crippen LogP) is 1.88. The summed E-state index contributed by atoms with van der Waals surface area (Å²) in [4.78, 5) is 76.1. The van der Waals surface area contributed by atoms with Gasteiger partial charge >= 0.3 is 12.0 Å². The standard InChI is InChI=1S/C32H44N6O7S2/c1-32(2)26(30(43)44)38-28(42)25(29(38)47-32)36-27(41)23(18-11-5-3-6-12-18)35-22(40)15-7-4-10-16-33-21(39)14-9-8-13-20-24-19(17-46-20)34-31(45)37-24/h3,5-6,11-12,19-20,23-26,29H,4,7-10,13-17H2,1-2H3,(H,33,39)(H,35,40)(H,36,41)(H,43,44)(H2,34,37,45)/t19-,20-,23+,24-,25+,26-,29+/m0/s1. The Bertz CT molecular complexity index is 1360. The van der Waals surface area contributed by atoms with Crippen LogP contribution < -0.4 is 26.6 Å². The molecule has 1 aromatic rings. The molecule has 4 aliphatic heterocycles. The first-order valence-corrected chi connectivity index (χ1v) is 18.2. The first-order chi connectivity index (χ1) is 22.5. The van der Waals surface area contributed by atoms with E-state index in [9.17, 15) is 33.9 Å². The number of aliphatic carboxylic acids is 1. The van der Waals surface area contributed by atoms with Crippen molar-refractivity contribution in [1.29, 1.82) is 0 Å². The molecule has 0 unspecified atom stereocenters. The Hall–Kier alpha value is -3.46. The average molecular weight is 689 g/mol. The van der Waals surface area contributed by atoms with Crippen LogP contribution in [-0.4, -0.2) is 97.5 Å². The normalized spacial score (nSPS) is 27.5. The van der Waals surface area contributed by atoms with Gasteiger partial charge in [-0.1, -0.05) is 43.2 Å². The predicted molar refractivity (Wildman–Crippen MR) is 178 cm³/mol. The molecule has 0 aromatic heterocycles. The molecule has 5 rings (SSSR count). The summed E-state index contributed by atoms with van der Waals surface area (Å²) >= 11 is 3.22. The number of carbonyl (C=O) groups is 6. The number of carbonyl (C=O) groups excluding carboxylic acids is 5. The number of nitrogens with zero attached hydrogens (tertiary/aromatic N) is 1. The molecule has 15 heteroatoms. The van der Waals surface area contributed by atoms with Gasteiger partial charge in [0.05, 0.1) is 12.1 Å². The molecule has 6 amide bonds. The molecule has 0 radical (unpaired) electrons. The Balaban J connectivity index is 0.986. The fourth-order valence-electron chi connectivity index (χ4n) is 6.74. The number of carboxylic acid groups (broad SMARTS) is 1. The molecule has 47 heavy (non-hydrogen) atoms. The van der Waals surface area contributed by atoms with Crippen LogP contribution >= 0.6 is 23.5 Å². The average Bonchev–Trinajstić information content (AvgIpc) is 3.67. The van der Waals surface area contributed by atoms with Crippen LogP contribution in [0.3, 0.4) is 0 Å². The van der Waals surface area contributed by atoms with Crippen molar-refractivity contribution in [3.63, 3.8) is 0 Å². The van der Waals surface area contributed by atoms with Gasteiger partial charge in [-0.05, 0) is 45.1 Å². The molecule has 6 N–H and O–H groups in total. The number of fused-ring (bicyclic) bond motifs is 2. The summed E-state index contributed by atoms with van der Waals surface area (Å²) in [6.07, 6.45) is 5.39. The third kappa shape index (κ3) is 8.16. The molecule has 256 valence electrons. The second kappa shape index (κ2) is 15.2. The van der Waals surface area contributed by atoms with E-state index in [1.165, 1.54) is 16.7 Å². The lowest BCUT2D eigenvalue weighted by atomic mass is 9.95. The number of hydrogen-bond donors (Lipinski definition) is 6. The third-order valence-corrected chi connectivity index (χ3v) is 12.2. The smallest absolute Gasteiger partial charge is 0.327 e. The summed E-state index contributed by atoms with van der Waals surface area (Å²) in [6.45, 7) is 4.07. The van der Waals surface area contributed by atoms with Gasteiger partial charge in [-0.3, -0.25) is 19.2 Å². The molecule has 1 aromatic carbocycles. The summed E-state index contributed by atoms with van der Waals surface area (Å²) in [6, 6.07) is 6.22. The number of benzene rings is 1. The van der Waals surface area contributed by atoms with Crippen molar-refractivity contribution in [2.75, 3.05) is 12.3 Å². The van der Waals surface area contributed by atoms with E-state index < -0.39 is 46.0 Å². The molecule has 4 saturated heterocycles. The zero-order valence-corrected chi connectivity index (χ0v) is 28.3. The Labute approximate surface area is 282 Å². The summed E-state index contributed by atoms with van der Waals surface area (Å²) < 4.78 is -0.713. The van der Waals surface area contributed by atoms with E-state index >= 15 is 0 Å². The molecule has 7 atom stereocenters. The molecular formula is C32H44N6O7S2. The van der Waals surface area contributed by atoms with Gasteiger partial charge in [0.25, 0.3) is 0 Å². The second-order valence-corrected chi connectivity index (χ2v) is 16.1. The lowest BCUT2D eigenvalue weighted by Crippen LogP contribution is -2.71. The fourth-order valence-corrected chi connectivity index (χ4v) is 9.91. The number of β-lactam (4-membered cyclic amide) rings is 1. The van der Waals surface area contributed by atoms with Crippen LogP contribution in [-0.2, 0) is 24.0 Å². The van der Waals surface area contributed by atoms with Crippen molar-refractivity contribution in [2.24, 2.45) is 0 Å². The second-order valence-electron chi connectivity index (χ2n) is 13.0. The van der Waals surface area contributed by atoms with Crippen molar-refractivity contribution < 1.29 is 33.9 Å². The monoisotopic (exact) mass is 688 g/mol. The van der Waals surface area contributed by atoms with Crippen LogP contribution in [0.1, 0.15) is 76.8 Å². The quantitative estimate of drug-likeness (QED) is 0.0857. The molecule has 13 nitrogen and oxygen atoms in total. The van der Waals surface area contributed by atoms with Crippen LogP contribution in [0.4, 0.5) is 4.79 Å². The summed E-state index contributed by atoms with van der Waals surface area (Å²) in [5.74, 6) is -1.42. The maximum Gasteiger partial charge on any atom is 0.327 e. The van der Waals surface area contributed by atoms with E-state index in [4.69, 9.17) is 0 Å². The molecule has 0 bridgehead atoms. The number of thioether (sulfide) groups is 2. The molecule has 4 heterocycles. The Morgan fingerprint density at radius 1 is 1.00 bits per heavy atom. The van der Waals surface area contributed by atoms with E-state index in [2.05, 4.69) is 26.6 Å². The molecule has 0 spiro atoms. The zero-order valence-electron chi connectivity index (χ0n) is 26.7. The van der Waals surface area contributed by atoms with E-state index in [0.717, 1.165) is 37.9 Å². The van der Waals surface area contributed by atoms with Gasteiger partial charge in [0, 0.05) is 35.1 Å². The largest absolute Gasteiger partial charge is 0.480 e. The van der Waals surface area contributed by atoms with Crippen LogP contribution in [0.25, 0.3) is 0 Å². The SMILES string of the molecule is CC1(C)S[C@@H]2[C@H](NC(=O)[C@H](NC(=O)CCCCCNC(=O)CCCC[C@@H]3SC[C@@H]4NC(=O)N[C@@H]43)c3ccccc3)C(=O)N2[C@H]1C(=O)O. The number of urea groups is 1. The number of rotatable bonds is 16. The zero-order chi connectivity index (χ0) is 33.7. The number of nitrogens with one attached hydrogen (secondary N) is 5. The molecule has 0 saturated carbocycles. The maximum atomic E-state index is 13.4. The van der Waals surface area contributed by atoms with Crippen molar-refractivity contribution in [3.05, 3.63) is 35.9 Å². The van der Waals surface area contributed by atoms with Crippen LogP contribution in [0.5, 0.6) is 0 Å². The van der Waals surface area contributed by atoms with Crippen LogP contribution in [0.2, 0.25) is 0 Å². The minimum atomic E-state index is -1.08. The molecule has 0 aliphatic carbocycles. The Morgan fingerprint density at radius 3 is 2.47 bits per heavy atom. The van der Waals surface area contributed by atoms with E-state index in [1.54, 1.807) is 44.2 Å². The first kappa shape index (κ1) is 34.9. The highest BCUT2D eigenvalue weighted by molar-refractivity contribution is 8.01. The van der Waals surface area contributed by atoms with Crippen LogP contribution in [0, 0.1) is 0 Å². The van der Waals surface area contributed by atoms with Gasteiger partial charge in [0.1, 0.15) is 23.5 Å². The highest BCUT2D eigenvalue weighted by atomic mass is 32.2. The number of carboxylic acids is 1. The van der Waals surface area contributed by atoms with Crippen molar-refractivity contribution in [1.82, 2.24) is 31.5 Å². The number of unbranched alkanes of at least 4 members (excludes halogenated alkanes) is 3. The highest BCUT2D eigenvalue weighted by Crippen LogP contribution is 2.50. The molecular weight excluding hydrogens is 645 g/mol. The fraction of sp³-hybridized carbons (Fsp3) is 0.625. The summed E-state index contributed by atoms with van der Waals surface area (Å²) in [5, 5.41) is 24.0. The lowest BCUT2D eigenvalue weighted by molar-refractivity contribution is -0.161. The number of amides is 6. The summed E-state index contributed by atoms with van der Waals surface area (Å²) in [7, 11) is 0. The molecule has 4 fully saturated rings. The van der Waals surface area contributed by atoms with Crippen LogP contribution in [0.15, 0.2) is 30.3 Å². The van der Waals surface area contributed by atoms with Gasteiger partial charge in [-0.2, -0.15) is 11.8 Å². The topological polar surface area (TPSA) is 186 Å². The van der Waals surface area contributed by atoms with Gasteiger partial charge < -0.3 is 36.6 Å². The maximum absolute atomic E-state index is 13.4. The Morgan fingerprint density at radius 2 is 1.72 bits per heavy atom. The van der Waals surface area contributed by atoms with E-state index in [0.29, 0.717) is 30.2 Å². The van der Waals surface area contributed by atoms with E-state index in [-0.39, 0.29) is 36.3 Å². The minimum absolute atomic E-state index is 0.0124. The Kier molecular flexibility index (Phi) is 11.3. The summed E-state index contributed by atoms with van der Waals surface area (Å²) in [5.41, 5.74) is 0.570. The molecule has 4 aliphatic rings. The minimum Gasteiger partial charge on any atom is -0.480 e. The van der Waals surface area contributed by atoms with Gasteiger partial charge in [0.2, 0.25) is 23.6 Å². The first-order valence-electron chi connectivity index (χ1n) is 16.3.